The summed E-state index contributed by atoms with van der Waals surface area (Å²) in [4.78, 5) is 4.06. The molecule has 2 atom stereocenters. The number of hydrogen-bond donors (Lipinski definition) is 2. The first-order valence-electron chi connectivity index (χ1n) is 4.56. The molecule has 4 N–H and O–H groups in total. The van der Waals surface area contributed by atoms with E-state index in [0.717, 1.165) is 11.1 Å². The maximum Gasteiger partial charge on any atom is 0.128 e. The quantitative estimate of drug-likeness (QED) is 0.754. The van der Waals surface area contributed by atoms with Crippen molar-refractivity contribution < 1.29 is 4.74 Å². The average Bonchev–Trinajstić information content (AvgIpc) is 2.19. The molecule has 0 saturated carbocycles. The summed E-state index contributed by atoms with van der Waals surface area (Å²) in [5.74, 6) is 0.479. The fraction of sp³-hybridized carbons (Fsp3) is 0.500. The monoisotopic (exact) mass is 195 g/mol. The van der Waals surface area contributed by atoms with Gasteiger partial charge in [-0.05, 0) is 25.5 Å². The van der Waals surface area contributed by atoms with Gasteiger partial charge in [0.25, 0.3) is 0 Å². The zero-order valence-electron chi connectivity index (χ0n) is 8.82. The van der Waals surface area contributed by atoms with Crippen molar-refractivity contribution in [2.45, 2.75) is 26.0 Å². The molecule has 0 fully saturated rings. The normalized spacial score (nSPS) is 15.1. The number of aryl methyl sites for hydroxylation is 1. The summed E-state index contributed by atoms with van der Waals surface area (Å²) in [7, 11) is 1.63. The van der Waals surface area contributed by atoms with Gasteiger partial charge in [-0.25, -0.2) is 4.98 Å². The summed E-state index contributed by atoms with van der Waals surface area (Å²) >= 11 is 0. The Hall–Kier alpha value is -1.13. The SMILES string of the molecule is COC(C)C(N)c1cc(C)cnc1N. The molecule has 1 heterocycles. The van der Waals surface area contributed by atoms with Crippen LogP contribution in [0.1, 0.15) is 24.1 Å². The molecule has 0 aromatic carbocycles. The van der Waals surface area contributed by atoms with E-state index in [4.69, 9.17) is 16.2 Å². The molecule has 0 aliphatic rings. The van der Waals surface area contributed by atoms with Crippen molar-refractivity contribution in [3.63, 3.8) is 0 Å². The number of methoxy groups -OCH3 is 1. The van der Waals surface area contributed by atoms with Gasteiger partial charge in [-0.2, -0.15) is 0 Å². The lowest BCUT2D eigenvalue weighted by atomic mass is 10.0. The van der Waals surface area contributed by atoms with Gasteiger partial charge in [-0.3, -0.25) is 0 Å². The number of aromatic nitrogens is 1. The van der Waals surface area contributed by atoms with E-state index in [0.29, 0.717) is 5.82 Å². The molecule has 0 saturated heterocycles. The van der Waals surface area contributed by atoms with Crippen LogP contribution in [0.25, 0.3) is 0 Å². The molecule has 2 unspecified atom stereocenters. The molecule has 0 aliphatic heterocycles. The molecule has 4 nitrogen and oxygen atoms in total. The Labute approximate surface area is 84.3 Å². The summed E-state index contributed by atoms with van der Waals surface area (Å²) in [5, 5.41) is 0. The summed E-state index contributed by atoms with van der Waals surface area (Å²) in [6, 6.07) is 1.72. The molecule has 14 heavy (non-hydrogen) atoms. The van der Waals surface area contributed by atoms with Crippen LogP contribution in [0.4, 0.5) is 5.82 Å². The Balaban J connectivity index is 2.99. The van der Waals surface area contributed by atoms with Gasteiger partial charge < -0.3 is 16.2 Å². The Morgan fingerprint density at radius 1 is 1.50 bits per heavy atom. The smallest absolute Gasteiger partial charge is 0.128 e. The first-order chi connectivity index (χ1) is 6.56. The second kappa shape index (κ2) is 4.39. The van der Waals surface area contributed by atoms with Gasteiger partial charge in [-0.1, -0.05) is 0 Å². The predicted molar refractivity (Wildman–Crippen MR) is 56.8 cm³/mol. The van der Waals surface area contributed by atoms with Gasteiger partial charge >= 0.3 is 0 Å². The van der Waals surface area contributed by atoms with Crippen LogP contribution < -0.4 is 11.5 Å². The fourth-order valence-electron chi connectivity index (χ4n) is 1.27. The van der Waals surface area contributed by atoms with Crippen molar-refractivity contribution in [1.29, 1.82) is 0 Å². The average molecular weight is 195 g/mol. The lowest BCUT2D eigenvalue weighted by Crippen LogP contribution is -2.26. The number of anilines is 1. The van der Waals surface area contributed by atoms with Gasteiger partial charge in [-0.15, -0.1) is 0 Å². The van der Waals surface area contributed by atoms with Crippen LogP contribution in [0.15, 0.2) is 12.3 Å². The molecule has 1 aromatic heterocycles. The van der Waals surface area contributed by atoms with Crippen LogP contribution in [0, 0.1) is 6.92 Å². The topological polar surface area (TPSA) is 74.2 Å². The fourth-order valence-corrected chi connectivity index (χ4v) is 1.27. The highest BCUT2D eigenvalue weighted by Crippen LogP contribution is 2.21. The Morgan fingerprint density at radius 2 is 2.14 bits per heavy atom. The predicted octanol–water partition coefficient (Wildman–Crippen LogP) is 1.01. The summed E-state index contributed by atoms with van der Waals surface area (Å²) < 4.78 is 5.15. The van der Waals surface area contributed by atoms with Gasteiger partial charge in [0.2, 0.25) is 0 Å². The van der Waals surface area contributed by atoms with Gasteiger partial charge in [0.15, 0.2) is 0 Å². The number of nitrogens with zero attached hydrogens (tertiary/aromatic N) is 1. The molecular weight excluding hydrogens is 178 g/mol. The van der Waals surface area contributed by atoms with Crippen LogP contribution in [0.5, 0.6) is 0 Å². The second-order valence-electron chi connectivity index (χ2n) is 3.45. The molecule has 4 heteroatoms. The van der Waals surface area contributed by atoms with Gasteiger partial charge in [0, 0.05) is 18.9 Å². The van der Waals surface area contributed by atoms with E-state index < -0.39 is 0 Å². The van der Waals surface area contributed by atoms with Crippen molar-refractivity contribution in [1.82, 2.24) is 4.98 Å². The van der Waals surface area contributed by atoms with Crippen LogP contribution in [-0.4, -0.2) is 18.2 Å². The van der Waals surface area contributed by atoms with E-state index in [9.17, 15) is 0 Å². The molecule has 1 aromatic rings. The minimum atomic E-state index is -0.229. The zero-order chi connectivity index (χ0) is 10.7. The molecule has 0 spiro atoms. The van der Waals surface area contributed by atoms with Crippen LogP contribution in [-0.2, 0) is 4.74 Å². The third kappa shape index (κ3) is 2.21. The van der Waals surface area contributed by atoms with E-state index in [-0.39, 0.29) is 12.1 Å². The highest BCUT2D eigenvalue weighted by molar-refractivity contribution is 5.43. The highest BCUT2D eigenvalue weighted by atomic mass is 16.5. The van der Waals surface area contributed by atoms with Crippen molar-refractivity contribution >= 4 is 5.82 Å². The lowest BCUT2D eigenvalue weighted by molar-refractivity contribution is 0.0957. The number of nitrogen functional groups attached to an aromatic ring is 1. The second-order valence-corrected chi connectivity index (χ2v) is 3.45. The number of hydrogen-bond acceptors (Lipinski definition) is 4. The van der Waals surface area contributed by atoms with Gasteiger partial charge in [0.05, 0.1) is 12.1 Å². The molecule has 0 radical (unpaired) electrons. The molecule has 0 aliphatic carbocycles. The van der Waals surface area contributed by atoms with E-state index in [1.54, 1.807) is 13.3 Å². The summed E-state index contributed by atoms with van der Waals surface area (Å²) in [5.41, 5.74) is 13.6. The van der Waals surface area contributed by atoms with Crippen molar-refractivity contribution in [3.05, 3.63) is 23.4 Å². The van der Waals surface area contributed by atoms with E-state index in [1.165, 1.54) is 0 Å². The largest absolute Gasteiger partial charge is 0.383 e. The summed E-state index contributed by atoms with van der Waals surface area (Å²) in [6.45, 7) is 3.87. The number of ether oxygens (including phenoxy) is 1. The van der Waals surface area contributed by atoms with E-state index >= 15 is 0 Å². The minimum absolute atomic E-state index is 0.0686. The van der Waals surface area contributed by atoms with Crippen LogP contribution in [0.2, 0.25) is 0 Å². The third-order valence-corrected chi connectivity index (χ3v) is 2.32. The summed E-state index contributed by atoms with van der Waals surface area (Å²) in [6.07, 6.45) is 1.66. The minimum Gasteiger partial charge on any atom is -0.383 e. The van der Waals surface area contributed by atoms with Crippen molar-refractivity contribution in [2.75, 3.05) is 12.8 Å². The van der Waals surface area contributed by atoms with Crippen molar-refractivity contribution in [2.24, 2.45) is 5.73 Å². The molecule has 1 rings (SSSR count). The maximum absolute atomic E-state index is 5.97. The maximum atomic E-state index is 5.97. The van der Waals surface area contributed by atoms with E-state index in [2.05, 4.69) is 4.98 Å². The molecule has 78 valence electrons. The molecule has 0 amide bonds. The molecular formula is C10H17N3O. The first kappa shape index (κ1) is 10.9. The number of nitrogens with two attached hydrogens (primary N) is 2. The van der Waals surface area contributed by atoms with Crippen LogP contribution >= 0.6 is 0 Å². The zero-order valence-corrected chi connectivity index (χ0v) is 8.82. The van der Waals surface area contributed by atoms with Crippen LogP contribution in [0.3, 0.4) is 0 Å². The van der Waals surface area contributed by atoms with Crippen molar-refractivity contribution in [3.8, 4) is 0 Å². The Kier molecular flexibility index (Phi) is 3.43. The van der Waals surface area contributed by atoms with E-state index in [1.807, 2.05) is 19.9 Å². The van der Waals surface area contributed by atoms with Gasteiger partial charge in [0.1, 0.15) is 5.82 Å². The standard InChI is InChI=1S/C10H17N3O/c1-6-4-8(10(12)13-5-6)9(11)7(2)14-3/h4-5,7,9H,11H2,1-3H3,(H2,12,13). The third-order valence-electron chi connectivity index (χ3n) is 2.32. The number of rotatable bonds is 3. The Bertz CT molecular complexity index is 314. The Morgan fingerprint density at radius 3 is 2.71 bits per heavy atom. The lowest BCUT2D eigenvalue weighted by Gasteiger charge is -2.20. The highest BCUT2D eigenvalue weighted by Gasteiger charge is 2.17. The first-order valence-corrected chi connectivity index (χ1v) is 4.56. The number of pyridine rings is 1. The molecule has 0 bridgehead atoms.